The molecule has 0 aliphatic heterocycles. The highest BCUT2D eigenvalue weighted by Gasteiger charge is 2.11. The molecular weight excluding hydrogens is 361 g/mol. The summed E-state index contributed by atoms with van der Waals surface area (Å²) in [7, 11) is 0. The van der Waals surface area contributed by atoms with Crippen LogP contribution in [0.5, 0.6) is 0 Å². The molecular formula is C17H13BrFN3O. The molecule has 0 radical (unpaired) electrons. The van der Waals surface area contributed by atoms with Crippen molar-refractivity contribution in [1.82, 2.24) is 9.78 Å². The number of halogens is 2. The second kappa shape index (κ2) is 6.75. The lowest BCUT2D eigenvalue weighted by Gasteiger charge is -2.09. The topological polar surface area (TPSA) is 46.9 Å². The molecule has 23 heavy (non-hydrogen) atoms. The molecule has 0 unspecified atom stereocenters. The van der Waals surface area contributed by atoms with Gasteiger partial charge in [0, 0.05) is 22.6 Å². The van der Waals surface area contributed by atoms with E-state index in [0.717, 1.165) is 5.56 Å². The van der Waals surface area contributed by atoms with Gasteiger partial charge >= 0.3 is 0 Å². The first kappa shape index (κ1) is 15.4. The number of aromatic nitrogens is 2. The van der Waals surface area contributed by atoms with Gasteiger partial charge in [0.05, 0.1) is 12.1 Å². The van der Waals surface area contributed by atoms with Crippen molar-refractivity contribution in [2.75, 3.05) is 5.32 Å². The third-order valence-electron chi connectivity index (χ3n) is 3.26. The molecule has 0 bridgehead atoms. The van der Waals surface area contributed by atoms with Crippen LogP contribution >= 0.6 is 15.9 Å². The van der Waals surface area contributed by atoms with E-state index in [1.165, 1.54) is 18.2 Å². The van der Waals surface area contributed by atoms with Crippen molar-refractivity contribution in [1.29, 1.82) is 0 Å². The fourth-order valence-electron chi connectivity index (χ4n) is 2.20. The molecule has 6 heteroatoms. The monoisotopic (exact) mass is 373 g/mol. The Morgan fingerprint density at radius 1 is 1.22 bits per heavy atom. The van der Waals surface area contributed by atoms with Gasteiger partial charge in [-0.25, -0.2) is 4.39 Å². The second-order valence-electron chi connectivity index (χ2n) is 4.98. The molecule has 0 aliphatic rings. The average Bonchev–Trinajstić information content (AvgIpc) is 3.03. The molecule has 3 rings (SSSR count). The molecule has 1 aromatic heterocycles. The Kier molecular flexibility index (Phi) is 4.52. The minimum Gasteiger partial charge on any atom is -0.322 e. The molecule has 3 aromatic rings. The fourth-order valence-corrected chi connectivity index (χ4v) is 2.63. The quantitative estimate of drug-likeness (QED) is 0.748. The van der Waals surface area contributed by atoms with Crippen LogP contribution in [-0.4, -0.2) is 15.7 Å². The van der Waals surface area contributed by atoms with Crippen molar-refractivity contribution in [3.63, 3.8) is 0 Å². The van der Waals surface area contributed by atoms with Crippen LogP contribution in [0.15, 0.2) is 65.4 Å². The van der Waals surface area contributed by atoms with Crippen LogP contribution in [0.1, 0.15) is 15.9 Å². The summed E-state index contributed by atoms with van der Waals surface area (Å²) in [5, 5.41) is 6.93. The Bertz CT molecular complexity index is 834. The van der Waals surface area contributed by atoms with Gasteiger partial charge in [0.25, 0.3) is 5.91 Å². The van der Waals surface area contributed by atoms with Gasteiger partial charge in [-0.3, -0.25) is 9.48 Å². The van der Waals surface area contributed by atoms with Gasteiger partial charge in [-0.15, -0.1) is 0 Å². The number of carbonyl (C=O) groups is 1. The number of hydrogen-bond acceptors (Lipinski definition) is 2. The largest absolute Gasteiger partial charge is 0.322 e. The van der Waals surface area contributed by atoms with E-state index in [1.807, 2.05) is 30.5 Å². The lowest BCUT2D eigenvalue weighted by molar-refractivity contribution is 0.102. The molecule has 2 aromatic carbocycles. The third-order valence-corrected chi connectivity index (χ3v) is 3.95. The highest BCUT2D eigenvalue weighted by atomic mass is 79.9. The summed E-state index contributed by atoms with van der Waals surface area (Å²) in [6.45, 7) is 0.611. The van der Waals surface area contributed by atoms with E-state index in [0.29, 0.717) is 16.7 Å². The van der Waals surface area contributed by atoms with E-state index in [9.17, 15) is 9.18 Å². The average molecular weight is 374 g/mol. The molecule has 0 fully saturated rings. The van der Waals surface area contributed by atoms with Crippen LogP contribution < -0.4 is 5.32 Å². The molecule has 0 saturated heterocycles. The van der Waals surface area contributed by atoms with Crippen LogP contribution in [0.3, 0.4) is 0 Å². The number of anilines is 1. The van der Waals surface area contributed by atoms with Gasteiger partial charge in [-0.05, 0) is 57.9 Å². The molecule has 4 nitrogen and oxygen atoms in total. The van der Waals surface area contributed by atoms with Gasteiger partial charge in [-0.2, -0.15) is 5.10 Å². The number of benzene rings is 2. The van der Waals surface area contributed by atoms with Crippen molar-refractivity contribution < 1.29 is 9.18 Å². The summed E-state index contributed by atoms with van der Waals surface area (Å²) < 4.78 is 15.7. The molecule has 0 aliphatic carbocycles. The maximum atomic E-state index is 13.3. The molecule has 1 heterocycles. The summed E-state index contributed by atoms with van der Waals surface area (Å²) in [6.07, 6.45) is 3.59. The normalized spacial score (nSPS) is 10.5. The van der Waals surface area contributed by atoms with E-state index in [1.54, 1.807) is 16.9 Å². The number of nitrogens with zero attached hydrogens (tertiary/aromatic N) is 2. The van der Waals surface area contributed by atoms with Gasteiger partial charge < -0.3 is 5.32 Å². The van der Waals surface area contributed by atoms with E-state index >= 15 is 0 Å². The van der Waals surface area contributed by atoms with E-state index < -0.39 is 5.82 Å². The van der Waals surface area contributed by atoms with Gasteiger partial charge in [0.1, 0.15) is 5.82 Å². The van der Waals surface area contributed by atoms with Gasteiger partial charge in [0.2, 0.25) is 0 Å². The lowest BCUT2D eigenvalue weighted by atomic mass is 10.1. The van der Waals surface area contributed by atoms with E-state index in [-0.39, 0.29) is 11.5 Å². The van der Waals surface area contributed by atoms with Crippen LogP contribution in [-0.2, 0) is 6.54 Å². The number of rotatable bonds is 4. The zero-order valence-electron chi connectivity index (χ0n) is 12.0. The Morgan fingerprint density at radius 2 is 2.09 bits per heavy atom. The first-order valence-electron chi connectivity index (χ1n) is 6.94. The Morgan fingerprint density at radius 3 is 2.87 bits per heavy atom. The summed E-state index contributed by atoms with van der Waals surface area (Å²) in [6, 6.07) is 13.3. The smallest absolute Gasteiger partial charge is 0.256 e. The van der Waals surface area contributed by atoms with Crippen molar-refractivity contribution in [3.8, 4) is 0 Å². The van der Waals surface area contributed by atoms with E-state index in [2.05, 4.69) is 26.3 Å². The molecule has 1 amide bonds. The highest BCUT2D eigenvalue weighted by Crippen LogP contribution is 2.20. The minimum atomic E-state index is -0.453. The van der Waals surface area contributed by atoms with Crippen molar-refractivity contribution in [3.05, 3.63) is 82.3 Å². The highest BCUT2D eigenvalue weighted by molar-refractivity contribution is 9.10. The van der Waals surface area contributed by atoms with Crippen LogP contribution in [0, 0.1) is 5.82 Å². The standard InChI is InChI=1S/C17H13BrFN3O/c18-16-6-5-13(19)10-15(16)17(23)21-14-4-1-3-12(9-14)11-22-8-2-7-20-22/h1-10H,11H2,(H,21,23). The number of carbonyl (C=O) groups excluding carboxylic acids is 1. The van der Waals surface area contributed by atoms with Gasteiger partial charge in [0.15, 0.2) is 0 Å². The summed E-state index contributed by atoms with van der Waals surface area (Å²) in [5.41, 5.74) is 1.91. The molecule has 0 spiro atoms. The first-order valence-corrected chi connectivity index (χ1v) is 7.74. The molecule has 1 N–H and O–H groups in total. The van der Waals surface area contributed by atoms with Crippen LogP contribution in [0.4, 0.5) is 10.1 Å². The maximum absolute atomic E-state index is 13.3. The summed E-state index contributed by atoms with van der Waals surface area (Å²) >= 11 is 3.26. The minimum absolute atomic E-state index is 0.252. The number of nitrogens with one attached hydrogen (secondary N) is 1. The molecule has 0 atom stereocenters. The molecule has 116 valence electrons. The van der Waals surface area contributed by atoms with E-state index in [4.69, 9.17) is 0 Å². The molecule has 0 saturated carbocycles. The number of amides is 1. The second-order valence-corrected chi connectivity index (χ2v) is 5.84. The van der Waals surface area contributed by atoms with Gasteiger partial charge in [-0.1, -0.05) is 12.1 Å². The summed E-state index contributed by atoms with van der Waals surface area (Å²) in [5.74, 6) is -0.821. The number of hydrogen-bond donors (Lipinski definition) is 1. The zero-order valence-corrected chi connectivity index (χ0v) is 13.6. The Hall–Kier alpha value is -2.47. The summed E-state index contributed by atoms with van der Waals surface area (Å²) in [4.78, 5) is 12.3. The first-order chi connectivity index (χ1) is 11.1. The lowest BCUT2D eigenvalue weighted by Crippen LogP contribution is -2.13. The predicted molar refractivity (Wildman–Crippen MR) is 89.8 cm³/mol. The van der Waals surface area contributed by atoms with Crippen molar-refractivity contribution in [2.24, 2.45) is 0 Å². The van der Waals surface area contributed by atoms with Crippen LogP contribution in [0.25, 0.3) is 0 Å². The predicted octanol–water partition coefficient (Wildman–Crippen LogP) is 4.09. The Balaban J connectivity index is 1.77. The SMILES string of the molecule is O=C(Nc1cccc(Cn2cccn2)c1)c1cc(F)ccc1Br. The van der Waals surface area contributed by atoms with Crippen LogP contribution in [0.2, 0.25) is 0 Å². The Labute approximate surface area is 141 Å². The zero-order chi connectivity index (χ0) is 16.2. The third kappa shape index (κ3) is 3.84. The van der Waals surface area contributed by atoms with Crippen molar-refractivity contribution in [2.45, 2.75) is 6.54 Å². The van der Waals surface area contributed by atoms with Crippen molar-refractivity contribution >= 4 is 27.5 Å². The maximum Gasteiger partial charge on any atom is 0.256 e. The fraction of sp³-hybridized carbons (Fsp3) is 0.0588.